The maximum Gasteiger partial charge on any atom is 0.306 e. The summed E-state index contributed by atoms with van der Waals surface area (Å²) in [5, 5.41) is 13.7. The minimum atomic E-state index is -0.793. The van der Waals surface area contributed by atoms with E-state index in [1.165, 1.54) is 0 Å². The predicted octanol–water partition coefficient (Wildman–Crippen LogP) is 2.88. The first-order valence-corrected chi connectivity index (χ1v) is 9.34. The van der Waals surface area contributed by atoms with Gasteiger partial charge in [-0.05, 0) is 36.8 Å². The topological polar surface area (TPSA) is 88.3 Å². The molecule has 2 unspecified atom stereocenters. The standard InChI is InChI=1S/C20H26N4O3/c1-12(2)15-7-5-6-8-17(15)24-14(4)21-18(22-24)19(25)23-10-9-16(20(26)27)13(3)11-23/h5-8,12-13,16H,9-11H2,1-4H3,(H,26,27). The number of piperidine rings is 1. The van der Waals surface area contributed by atoms with Crippen molar-refractivity contribution in [3.63, 3.8) is 0 Å². The van der Waals surface area contributed by atoms with Gasteiger partial charge in [0.2, 0.25) is 5.82 Å². The number of rotatable bonds is 4. The van der Waals surface area contributed by atoms with E-state index in [9.17, 15) is 14.7 Å². The number of carbonyl (C=O) groups is 2. The minimum absolute atomic E-state index is 0.0925. The van der Waals surface area contributed by atoms with Gasteiger partial charge in [-0.3, -0.25) is 9.59 Å². The van der Waals surface area contributed by atoms with E-state index < -0.39 is 11.9 Å². The molecule has 2 atom stereocenters. The Labute approximate surface area is 159 Å². The van der Waals surface area contributed by atoms with Crippen molar-refractivity contribution < 1.29 is 14.7 Å². The highest BCUT2D eigenvalue weighted by Crippen LogP contribution is 2.26. The number of amides is 1. The summed E-state index contributed by atoms with van der Waals surface area (Å²) >= 11 is 0. The lowest BCUT2D eigenvalue weighted by atomic mass is 9.87. The van der Waals surface area contributed by atoms with Gasteiger partial charge in [0.05, 0.1) is 11.6 Å². The van der Waals surface area contributed by atoms with Gasteiger partial charge in [-0.1, -0.05) is 39.0 Å². The molecule has 2 heterocycles. The quantitative estimate of drug-likeness (QED) is 0.894. The molecule has 1 fully saturated rings. The minimum Gasteiger partial charge on any atom is -0.481 e. The van der Waals surface area contributed by atoms with Gasteiger partial charge in [-0.2, -0.15) is 0 Å². The molecule has 7 heteroatoms. The molecule has 0 bridgehead atoms. The van der Waals surface area contributed by atoms with E-state index in [4.69, 9.17) is 0 Å². The lowest BCUT2D eigenvalue weighted by Crippen LogP contribution is -2.45. The molecule has 1 aromatic heterocycles. The molecule has 0 radical (unpaired) electrons. The fraction of sp³-hybridized carbons (Fsp3) is 0.500. The first kappa shape index (κ1) is 19.1. The Balaban J connectivity index is 1.85. The van der Waals surface area contributed by atoms with Crippen LogP contribution in [0.2, 0.25) is 0 Å². The highest BCUT2D eigenvalue weighted by Gasteiger charge is 2.34. The second-order valence-electron chi connectivity index (χ2n) is 7.57. The van der Waals surface area contributed by atoms with Crippen molar-refractivity contribution in [1.82, 2.24) is 19.7 Å². The Morgan fingerprint density at radius 3 is 2.59 bits per heavy atom. The van der Waals surface area contributed by atoms with Crippen molar-refractivity contribution in [1.29, 1.82) is 0 Å². The highest BCUT2D eigenvalue weighted by atomic mass is 16.4. The third-order valence-corrected chi connectivity index (χ3v) is 5.26. The Bertz CT molecular complexity index is 859. The molecule has 27 heavy (non-hydrogen) atoms. The van der Waals surface area contributed by atoms with Crippen LogP contribution < -0.4 is 0 Å². The molecule has 3 rings (SSSR count). The summed E-state index contributed by atoms with van der Waals surface area (Å²) < 4.78 is 1.72. The van der Waals surface area contributed by atoms with Crippen LogP contribution in [-0.2, 0) is 4.79 Å². The average Bonchev–Trinajstić information content (AvgIpc) is 3.02. The molecule has 1 amide bonds. The zero-order valence-corrected chi connectivity index (χ0v) is 16.2. The first-order chi connectivity index (χ1) is 12.8. The van der Waals surface area contributed by atoms with Crippen molar-refractivity contribution in [2.24, 2.45) is 11.8 Å². The molecule has 0 aliphatic carbocycles. The SMILES string of the molecule is Cc1nc(C(=O)N2CCC(C(=O)O)C(C)C2)nn1-c1ccccc1C(C)C. The van der Waals surface area contributed by atoms with Gasteiger partial charge in [-0.25, -0.2) is 9.67 Å². The maximum absolute atomic E-state index is 12.9. The largest absolute Gasteiger partial charge is 0.481 e. The van der Waals surface area contributed by atoms with Crippen molar-refractivity contribution in [3.8, 4) is 5.69 Å². The number of hydrogen-bond donors (Lipinski definition) is 1. The van der Waals surface area contributed by atoms with Gasteiger partial charge in [0, 0.05) is 13.1 Å². The second-order valence-corrected chi connectivity index (χ2v) is 7.57. The number of hydrogen-bond acceptors (Lipinski definition) is 4. The summed E-state index contributed by atoms with van der Waals surface area (Å²) in [5.74, 6) is -0.399. The maximum atomic E-state index is 12.9. The van der Waals surface area contributed by atoms with E-state index in [1.54, 1.807) is 9.58 Å². The number of aliphatic carboxylic acids is 1. The lowest BCUT2D eigenvalue weighted by Gasteiger charge is -2.34. The van der Waals surface area contributed by atoms with Gasteiger partial charge in [0.1, 0.15) is 5.82 Å². The van der Waals surface area contributed by atoms with E-state index in [2.05, 4.69) is 30.0 Å². The summed E-state index contributed by atoms with van der Waals surface area (Å²) in [4.78, 5) is 30.2. The van der Waals surface area contributed by atoms with E-state index in [-0.39, 0.29) is 17.6 Å². The lowest BCUT2D eigenvalue weighted by molar-refractivity contribution is -0.145. The molecule has 0 spiro atoms. The van der Waals surface area contributed by atoms with Crippen LogP contribution in [0.3, 0.4) is 0 Å². The number of benzene rings is 1. The molecule has 1 aromatic carbocycles. The van der Waals surface area contributed by atoms with Gasteiger partial charge in [-0.15, -0.1) is 5.10 Å². The molecular formula is C20H26N4O3. The number of carboxylic acid groups (broad SMARTS) is 1. The average molecular weight is 370 g/mol. The van der Waals surface area contributed by atoms with Gasteiger partial charge in [0.25, 0.3) is 5.91 Å². The molecule has 2 aromatic rings. The third-order valence-electron chi connectivity index (χ3n) is 5.26. The van der Waals surface area contributed by atoms with Crippen LogP contribution in [0.15, 0.2) is 24.3 Å². The first-order valence-electron chi connectivity index (χ1n) is 9.34. The molecule has 0 saturated carbocycles. The second kappa shape index (κ2) is 7.50. The van der Waals surface area contributed by atoms with Crippen molar-refractivity contribution in [3.05, 3.63) is 41.5 Å². The van der Waals surface area contributed by atoms with Crippen LogP contribution in [-0.4, -0.2) is 49.7 Å². The van der Waals surface area contributed by atoms with E-state index >= 15 is 0 Å². The van der Waals surface area contributed by atoms with E-state index in [1.807, 2.05) is 32.0 Å². The molecule has 7 nitrogen and oxygen atoms in total. The number of likely N-dealkylation sites (tertiary alicyclic amines) is 1. The van der Waals surface area contributed by atoms with Crippen molar-refractivity contribution in [2.75, 3.05) is 13.1 Å². The summed E-state index contributed by atoms with van der Waals surface area (Å²) in [6, 6.07) is 7.97. The molecule has 1 aliphatic rings. The monoisotopic (exact) mass is 370 g/mol. The number of carboxylic acids is 1. The number of carbonyl (C=O) groups excluding carboxylic acids is 1. The van der Waals surface area contributed by atoms with Gasteiger partial charge < -0.3 is 10.0 Å². The Morgan fingerprint density at radius 1 is 1.26 bits per heavy atom. The van der Waals surface area contributed by atoms with Crippen LogP contribution in [0, 0.1) is 18.8 Å². The van der Waals surface area contributed by atoms with Crippen molar-refractivity contribution >= 4 is 11.9 Å². The van der Waals surface area contributed by atoms with Crippen molar-refractivity contribution in [2.45, 2.75) is 40.0 Å². The normalized spacial score (nSPS) is 20.1. The smallest absolute Gasteiger partial charge is 0.306 e. The van der Waals surface area contributed by atoms with Crippen LogP contribution >= 0.6 is 0 Å². The zero-order chi connectivity index (χ0) is 19.7. The van der Waals surface area contributed by atoms with E-state index in [0.717, 1.165) is 11.3 Å². The molecule has 1 N–H and O–H groups in total. The van der Waals surface area contributed by atoms with Crippen LogP contribution in [0.5, 0.6) is 0 Å². The number of aryl methyl sites for hydroxylation is 1. The number of aromatic nitrogens is 3. The van der Waals surface area contributed by atoms with E-state index in [0.29, 0.717) is 31.3 Å². The molecule has 1 aliphatic heterocycles. The fourth-order valence-electron chi connectivity index (χ4n) is 3.72. The Hall–Kier alpha value is -2.70. The molecular weight excluding hydrogens is 344 g/mol. The third kappa shape index (κ3) is 3.72. The fourth-order valence-corrected chi connectivity index (χ4v) is 3.72. The van der Waals surface area contributed by atoms with Crippen LogP contribution in [0.25, 0.3) is 5.69 Å². The number of nitrogens with zero attached hydrogens (tertiary/aromatic N) is 4. The Morgan fingerprint density at radius 2 is 1.96 bits per heavy atom. The summed E-state index contributed by atoms with van der Waals surface area (Å²) in [6.07, 6.45) is 0.456. The van der Waals surface area contributed by atoms with Crippen LogP contribution in [0.1, 0.15) is 55.1 Å². The summed E-state index contributed by atoms with van der Waals surface area (Å²) in [7, 11) is 0. The summed E-state index contributed by atoms with van der Waals surface area (Å²) in [6.45, 7) is 8.76. The summed E-state index contributed by atoms with van der Waals surface area (Å²) in [5.41, 5.74) is 2.06. The van der Waals surface area contributed by atoms with Gasteiger partial charge >= 0.3 is 5.97 Å². The van der Waals surface area contributed by atoms with Crippen LogP contribution in [0.4, 0.5) is 0 Å². The molecule has 144 valence electrons. The number of para-hydroxylation sites is 1. The van der Waals surface area contributed by atoms with Gasteiger partial charge in [0.15, 0.2) is 0 Å². The zero-order valence-electron chi connectivity index (χ0n) is 16.2. The highest BCUT2D eigenvalue weighted by molar-refractivity contribution is 5.90. The Kier molecular flexibility index (Phi) is 5.30. The predicted molar refractivity (Wildman–Crippen MR) is 101 cm³/mol. The molecule has 1 saturated heterocycles.